The smallest absolute Gasteiger partial charge is 0.240 e. The van der Waals surface area contributed by atoms with Crippen molar-refractivity contribution in [2.45, 2.75) is 32.0 Å². The van der Waals surface area contributed by atoms with E-state index in [0.29, 0.717) is 6.54 Å². The number of pyridine rings is 1. The lowest BCUT2D eigenvalue weighted by Gasteiger charge is -2.49. The number of amides is 1. The molecule has 1 amide bonds. The highest BCUT2D eigenvalue weighted by Crippen LogP contribution is 2.34. The number of benzene rings is 1. The van der Waals surface area contributed by atoms with Crippen LogP contribution in [0.4, 0.5) is 0 Å². The standard InChI is InChI=1S/C21H24N4O/c1-21(20(26)23-13-17-7-5-6-11-22-17)10-12-25(21)15-16-14-24(2)19-9-4-3-8-18(16)19/h3-9,11,14H,10,12-13,15H2,1-2H3,(H,23,26). The summed E-state index contributed by atoms with van der Waals surface area (Å²) in [6.45, 7) is 4.23. The van der Waals surface area contributed by atoms with Gasteiger partial charge in [-0.3, -0.25) is 14.7 Å². The molecule has 0 saturated carbocycles. The molecule has 4 rings (SSSR count). The van der Waals surface area contributed by atoms with Gasteiger partial charge < -0.3 is 9.88 Å². The van der Waals surface area contributed by atoms with Crippen LogP contribution in [0.5, 0.6) is 0 Å². The van der Waals surface area contributed by atoms with Crippen molar-refractivity contribution in [3.63, 3.8) is 0 Å². The number of nitrogens with zero attached hydrogens (tertiary/aromatic N) is 3. The third kappa shape index (κ3) is 2.88. The highest BCUT2D eigenvalue weighted by Gasteiger charge is 2.46. The number of aryl methyl sites for hydroxylation is 1. The van der Waals surface area contributed by atoms with Crippen molar-refractivity contribution in [1.29, 1.82) is 0 Å². The van der Waals surface area contributed by atoms with Crippen molar-refractivity contribution in [1.82, 2.24) is 19.8 Å². The number of aromatic nitrogens is 2. The van der Waals surface area contributed by atoms with E-state index in [4.69, 9.17) is 0 Å². The molecule has 1 aliphatic heterocycles. The van der Waals surface area contributed by atoms with Gasteiger partial charge in [-0.25, -0.2) is 0 Å². The summed E-state index contributed by atoms with van der Waals surface area (Å²) in [6, 6.07) is 14.2. The van der Waals surface area contributed by atoms with Gasteiger partial charge in [0, 0.05) is 43.4 Å². The molecule has 1 aliphatic rings. The molecule has 0 radical (unpaired) electrons. The molecule has 3 aromatic rings. The topological polar surface area (TPSA) is 50.2 Å². The van der Waals surface area contributed by atoms with Crippen LogP contribution in [0.1, 0.15) is 24.6 Å². The molecule has 3 heterocycles. The SMILES string of the molecule is Cn1cc(CN2CCC2(C)C(=O)NCc2ccccn2)c2ccccc21. The molecule has 1 atom stereocenters. The molecule has 26 heavy (non-hydrogen) atoms. The maximum absolute atomic E-state index is 12.8. The number of fused-ring (bicyclic) bond motifs is 1. The second-order valence-corrected chi connectivity index (χ2v) is 7.23. The first-order valence-corrected chi connectivity index (χ1v) is 9.04. The Morgan fingerprint density at radius 1 is 1.23 bits per heavy atom. The lowest BCUT2D eigenvalue weighted by molar-refractivity contribution is -0.142. The van der Waals surface area contributed by atoms with E-state index < -0.39 is 5.54 Å². The molecule has 134 valence electrons. The van der Waals surface area contributed by atoms with Crippen molar-refractivity contribution >= 4 is 16.8 Å². The molecule has 1 unspecified atom stereocenters. The second kappa shape index (κ2) is 6.57. The molecule has 1 N–H and O–H groups in total. The van der Waals surface area contributed by atoms with Crippen LogP contribution in [-0.2, 0) is 24.9 Å². The zero-order chi connectivity index (χ0) is 18.1. The third-order valence-corrected chi connectivity index (χ3v) is 5.55. The number of hydrogen-bond donors (Lipinski definition) is 1. The molecule has 5 nitrogen and oxygen atoms in total. The molecular weight excluding hydrogens is 324 g/mol. The summed E-state index contributed by atoms with van der Waals surface area (Å²) in [5, 5.41) is 4.31. The van der Waals surface area contributed by atoms with Crippen LogP contribution >= 0.6 is 0 Å². The van der Waals surface area contributed by atoms with Gasteiger partial charge in [-0.1, -0.05) is 24.3 Å². The minimum atomic E-state index is -0.453. The Balaban J connectivity index is 1.46. The van der Waals surface area contributed by atoms with E-state index in [0.717, 1.165) is 25.2 Å². The Kier molecular flexibility index (Phi) is 4.24. The Labute approximate surface area is 153 Å². The minimum Gasteiger partial charge on any atom is -0.350 e. The fraction of sp³-hybridized carbons (Fsp3) is 0.333. The molecule has 0 bridgehead atoms. The van der Waals surface area contributed by atoms with Crippen LogP contribution in [0, 0.1) is 0 Å². The van der Waals surface area contributed by atoms with Crippen molar-refractivity contribution in [2.24, 2.45) is 7.05 Å². The van der Waals surface area contributed by atoms with Crippen molar-refractivity contribution in [3.8, 4) is 0 Å². The van der Waals surface area contributed by atoms with Gasteiger partial charge in [0.25, 0.3) is 0 Å². The van der Waals surface area contributed by atoms with Crippen LogP contribution in [0.3, 0.4) is 0 Å². The van der Waals surface area contributed by atoms with Gasteiger partial charge in [-0.2, -0.15) is 0 Å². The number of carbonyl (C=O) groups is 1. The highest BCUT2D eigenvalue weighted by atomic mass is 16.2. The molecule has 1 fully saturated rings. The molecule has 2 aromatic heterocycles. The van der Waals surface area contributed by atoms with E-state index in [2.05, 4.69) is 57.3 Å². The summed E-state index contributed by atoms with van der Waals surface area (Å²) in [6.07, 6.45) is 4.81. The number of carbonyl (C=O) groups excluding carboxylic acids is 1. The number of rotatable bonds is 5. The highest BCUT2D eigenvalue weighted by molar-refractivity contribution is 5.87. The van der Waals surface area contributed by atoms with E-state index in [9.17, 15) is 4.79 Å². The Morgan fingerprint density at radius 2 is 2.04 bits per heavy atom. The summed E-state index contributed by atoms with van der Waals surface area (Å²) < 4.78 is 2.16. The summed E-state index contributed by atoms with van der Waals surface area (Å²) in [5.41, 5.74) is 2.92. The van der Waals surface area contributed by atoms with E-state index in [1.807, 2.05) is 25.1 Å². The Hall–Kier alpha value is -2.66. The lowest BCUT2D eigenvalue weighted by Crippen LogP contribution is -2.65. The summed E-state index contributed by atoms with van der Waals surface area (Å²) in [5.74, 6) is 0.0784. The number of likely N-dealkylation sites (tertiary alicyclic amines) is 1. The van der Waals surface area contributed by atoms with Crippen molar-refractivity contribution in [3.05, 3.63) is 66.1 Å². The molecule has 0 spiro atoms. The zero-order valence-electron chi connectivity index (χ0n) is 15.3. The van der Waals surface area contributed by atoms with Crippen molar-refractivity contribution < 1.29 is 4.79 Å². The monoisotopic (exact) mass is 348 g/mol. The van der Waals surface area contributed by atoms with Gasteiger partial charge >= 0.3 is 0 Å². The van der Waals surface area contributed by atoms with Gasteiger partial charge in [-0.05, 0) is 37.1 Å². The predicted molar refractivity (Wildman–Crippen MR) is 102 cm³/mol. The maximum Gasteiger partial charge on any atom is 0.240 e. The van der Waals surface area contributed by atoms with Gasteiger partial charge in [0.1, 0.15) is 0 Å². The largest absolute Gasteiger partial charge is 0.350 e. The number of nitrogens with one attached hydrogen (secondary N) is 1. The lowest BCUT2D eigenvalue weighted by atomic mass is 9.85. The van der Waals surface area contributed by atoms with E-state index in [-0.39, 0.29) is 5.91 Å². The molecule has 1 saturated heterocycles. The van der Waals surface area contributed by atoms with Gasteiger partial charge in [0.05, 0.1) is 17.8 Å². The first kappa shape index (κ1) is 16.8. The number of hydrogen-bond acceptors (Lipinski definition) is 3. The fourth-order valence-electron chi connectivity index (χ4n) is 3.74. The van der Waals surface area contributed by atoms with Crippen LogP contribution in [0.25, 0.3) is 10.9 Å². The summed E-state index contributed by atoms with van der Waals surface area (Å²) >= 11 is 0. The van der Waals surface area contributed by atoms with Crippen LogP contribution in [-0.4, -0.2) is 32.4 Å². The van der Waals surface area contributed by atoms with E-state index in [1.54, 1.807) is 6.20 Å². The fourth-order valence-corrected chi connectivity index (χ4v) is 3.74. The minimum absolute atomic E-state index is 0.0784. The maximum atomic E-state index is 12.8. The van der Waals surface area contributed by atoms with Crippen LogP contribution in [0.2, 0.25) is 0 Å². The Bertz CT molecular complexity index is 934. The first-order valence-electron chi connectivity index (χ1n) is 9.04. The van der Waals surface area contributed by atoms with Crippen LogP contribution < -0.4 is 5.32 Å². The van der Waals surface area contributed by atoms with E-state index in [1.165, 1.54) is 16.5 Å². The third-order valence-electron chi connectivity index (χ3n) is 5.55. The van der Waals surface area contributed by atoms with Crippen LogP contribution in [0.15, 0.2) is 54.9 Å². The summed E-state index contributed by atoms with van der Waals surface area (Å²) in [4.78, 5) is 19.3. The molecule has 5 heteroatoms. The quantitative estimate of drug-likeness (QED) is 0.771. The van der Waals surface area contributed by atoms with Gasteiger partial charge in [-0.15, -0.1) is 0 Å². The predicted octanol–water partition coefficient (Wildman–Crippen LogP) is 2.85. The zero-order valence-corrected chi connectivity index (χ0v) is 15.3. The summed E-state index contributed by atoms with van der Waals surface area (Å²) in [7, 11) is 2.07. The normalized spacial score (nSPS) is 20.1. The Morgan fingerprint density at radius 3 is 2.77 bits per heavy atom. The van der Waals surface area contributed by atoms with Gasteiger partial charge in [0.15, 0.2) is 0 Å². The first-order chi connectivity index (χ1) is 12.6. The average Bonchev–Trinajstić information content (AvgIpc) is 2.99. The van der Waals surface area contributed by atoms with Gasteiger partial charge in [0.2, 0.25) is 5.91 Å². The molecular formula is C21H24N4O. The average molecular weight is 348 g/mol. The van der Waals surface area contributed by atoms with E-state index >= 15 is 0 Å². The number of para-hydroxylation sites is 1. The second-order valence-electron chi connectivity index (χ2n) is 7.23. The molecule has 0 aliphatic carbocycles. The molecule has 1 aromatic carbocycles. The van der Waals surface area contributed by atoms with Crippen molar-refractivity contribution in [2.75, 3.05) is 6.54 Å².